The summed E-state index contributed by atoms with van der Waals surface area (Å²) in [7, 11) is 0. The number of unbranched alkanes of at least 4 members (excludes halogenated alkanes) is 1. The zero-order valence-corrected chi connectivity index (χ0v) is 17.2. The summed E-state index contributed by atoms with van der Waals surface area (Å²) < 4.78 is 2.06. The Morgan fingerprint density at radius 3 is 2.68 bits per heavy atom. The van der Waals surface area contributed by atoms with Gasteiger partial charge in [-0.05, 0) is 36.6 Å². The van der Waals surface area contributed by atoms with Crippen molar-refractivity contribution in [2.24, 2.45) is 0 Å². The van der Waals surface area contributed by atoms with Gasteiger partial charge in [0.1, 0.15) is 5.82 Å². The van der Waals surface area contributed by atoms with Crippen LogP contribution in [0.1, 0.15) is 36.7 Å². The van der Waals surface area contributed by atoms with E-state index in [1.54, 1.807) is 0 Å². The van der Waals surface area contributed by atoms with Crippen molar-refractivity contribution in [3.05, 3.63) is 71.5 Å². The van der Waals surface area contributed by atoms with Crippen LogP contribution in [-0.4, -0.2) is 33.0 Å². The van der Waals surface area contributed by atoms with Crippen LogP contribution in [0.4, 0.5) is 0 Å². The standard InChI is InChI=1S/C22H26N4OS/c1-3-4-13-23-21(27)16-28-22-25-24-20(15-18-10-6-5-7-11-18)26(22)19-12-8-9-17(2)14-19/h5-12,14H,3-4,13,15-16H2,1-2H3,(H,23,27). The van der Waals surface area contributed by atoms with E-state index in [-0.39, 0.29) is 5.91 Å². The lowest BCUT2D eigenvalue weighted by molar-refractivity contribution is -0.118. The number of hydrogen-bond donors (Lipinski definition) is 1. The van der Waals surface area contributed by atoms with Crippen molar-refractivity contribution in [1.82, 2.24) is 20.1 Å². The van der Waals surface area contributed by atoms with E-state index in [0.29, 0.717) is 12.2 Å². The maximum atomic E-state index is 12.1. The molecule has 146 valence electrons. The Morgan fingerprint density at radius 2 is 1.93 bits per heavy atom. The second-order valence-corrected chi connectivity index (χ2v) is 7.67. The van der Waals surface area contributed by atoms with Crippen LogP contribution in [0.25, 0.3) is 5.69 Å². The van der Waals surface area contributed by atoms with Gasteiger partial charge in [0, 0.05) is 18.7 Å². The highest BCUT2D eigenvalue weighted by molar-refractivity contribution is 7.99. The minimum atomic E-state index is 0.0295. The number of thioether (sulfide) groups is 1. The molecule has 0 saturated heterocycles. The molecule has 0 fully saturated rings. The fourth-order valence-corrected chi connectivity index (χ4v) is 3.70. The minimum Gasteiger partial charge on any atom is -0.355 e. The summed E-state index contributed by atoms with van der Waals surface area (Å²) in [4.78, 5) is 12.1. The molecule has 3 aromatic rings. The lowest BCUT2D eigenvalue weighted by Crippen LogP contribution is -2.26. The van der Waals surface area contributed by atoms with Crippen molar-refractivity contribution in [3.8, 4) is 5.69 Å². The number of benzene rings is 2. The van der Waals surface area contributed by atoms with Gasteiger partial charge < -0.3 is 5.32 Å². The van der Waals surface area contributed by atoms with Crippen LogP contribution in [-0.2, 0) is 11.2 Å². The highest BCUT2D eigenvalue weighted by Gasteiger charge is 2.16. The van der Waals surface area contributed by atoms with Gasteiger partial charge in [0.2, 0.25) is 5.91 Å². The highest BCUT2D eigenvalue weighted by atomic mass is 32.2. The predicted molar refractivity (Wildman–Crippen MR) is 114 cm³/mol. The number of carbonyl (C=O) groups excluding carboxylic acids is 1. The summed E-state index contributed by atoms with van der Waals surface area (Å²) >= 11 is 1.42. The predicted octanol–water partition coefficient (Wildman–Crippen LogP) is 4.17. The summed E-state index contributed by atoms with van der Waals surface area (Å²) in [6.45, 7) is 4.90. The van der Waals surface area contributed by atoms with E-state index in [9.17, 15) is 4.79 Å². The van der Waals surface area contributed by atoms with Gasteiger partial charge in [-0.1, -0.05) is 67.6 Å². The number of rotatable bonds is 9. The molecular weight excluding hydrogens is 368 g/mol. The smallest absolute Gasteiger partial charge is 0.230 e. The van der Waals surface area contributed by atoms with E-state index < -0.39 is 0 Å². The van der Waals surface area contributed by atoms with Crippen LogP contribution in [0.3, 0.4) is 0 Å². The van der Waals surface area contributed by atoms with Crippen molar-refractivity contribution in [3.63, 3.8) is 0 Å². The third-order valence-corrected chi connectivity index (χ3v) is 5.28. The molecule has 2 aromatic carbocycles. The van der Waals surface area contributed by atoms with E-state index in [1.807, 2.05) is 24.3 Å². The molecule has 6 heteroatoms. The molecule has 1 N–H and O–H groups in total. The molecule has 28 heavy (non-hydrogen) atoms. The largest absolute Gasteiger partial charge is 0.355 e. The Hall–Kier alpha value is -2.60. The summed E-state index contributed by atoms with van der Waals surface area (Å²) in [5.74, 6) is 1.23. The normalized spacial score (nSPS) is 10.8. The fourth-order valence-electron chi connectivity index (χ4n) is 2.90. The van der Waals surface area contributed by atoms with Gasteiger partial charge in [-0.2, -0.15) is 0 Å². The van der Waals surface area contributed by atoms with E-state index in [4.69, 9.17) is 0 Å². The molecule has 1 aromatic heterocycles. The first kappa shape index (κ1) is 20.1. The van der Waals surface area contributed by atoms with Gasteiger partial charge in [-0.15, -0.1) is 10.2 Å². The molecule has 3 rings (SSSR count). The number of hydrogen-bond acceptors (Lipinski definition) is 4. The van der Waals surface area contributed by atoms with Crippen molar-refractivity contribution in [1.29, 1.82) is 0 Å². The molecule has 1 heterocycles. The maximum absolute atomic E-state index is 12.1. The maximum Gasteiger partial charge on any atom is 0.230 e. The number of carbonyl (C=O) groups is 1. The zero-order chi connectivity index (χ0) is 19.8. The lowest BCUT2D eigenvalue weighted by atomic mass is 10.1. The van der Waals surface area contributed by atoms with Gasteiger partial charge in [0.25, 0.3) is 0 Å². The average molecular weight is 395 g/mol. The van der Waals surface area contributed by atoms with Gasteiger partial charge in [-0.25, -0.2) is 0 Å². The third kappa shape index (κ3) is 5.45. The topological polar surface area (TPSA) is 59.8 Å². The number of aryl methyl sites for hydroxylation is 1. The Balaban J connectivity index is 1.82. The molecular formula is C22H26N4OS. The summed E-state index contributed by atoms with van der Waals surface area (Å²) in [6, 6.07) is 18.5. The molecule has 0 unspecified atom stereocenters. The van der Waals surface area contributed by atoms with Crippen molar-refractivity contribution >= 4 is 17.7 Å². The summed E-state index contributed by atoms with van der Waals surface area (Å²) in [6.07, 6.45) is 2.75. The van der Waals surface area contributed by atoms with Crippen LogP contribution >= 0.6 is 11.8 Å². The molecule has 0 aliphatic carbocycles. The second kappa shape index (κ2) is 10.1. The Bertz CT molecular complexity index is 908. The Kier molecular flexibility index (Phi) is 7.25. The molecule has 0 aliphatic rings. The quantitative estimate of drug-likeness (QED) is 0.437. The van der Waals surface area contributed by atoms with E-state index in [1.165, 1.54) is 22.9 Å². The van der Waals surface area contributed by atoms with Crippen LogP contribution in [0.2, 0.25) is 0 Å². The van der Waals surface area contributed by atoms with Crippen LogP contribution in [0.15, 0.2) is 59.8 Å². The van der Waals surface area contributed by atoms with Crippen LogP contribution in [0.5, 0.6) is 0 Å². The van der Waals surface area contributed by atoms with Crippen molar-refractivity contribution in [2.45, 2.75) is 38.3 Å². The number of nitrogens with zero attached hydrogens (tertiary/aromatic N) is 3. The first-order valence-corrected chi connectivity index (χ1v) is 10.6. The SMILES string of the molecule is CCCCNC(=O)CSc1nnc(Cc2ccccc2)n1-c1cccc(C)c1. The van der Waals surface area contributed by atoms with E-state index in [2.05, 4.69) is 64.3 Å². The Labute approximate surface area is 170 Å². The fraction of sp³-hybridized carbons (Fsp3) is 0.318. The molecule has 0 radical (unpaired) electrons. The van der Waals surface area contributed by atoms with Crippen molar-refractivity contribution in [2.75, 3.05) is 12.3 Å². The first-order chi connectivity index (χ1) is 13.7. The number of aromatic nitrogens is 3. The van der Waals surface area contributed by atoms with Gasteiger partial charge >= 0.3 is 0 Å². The monoisotopic (exact) mass is 394 g/mol. The minimum absolute atomic E-state index is 0.0295. The molecule has 1 amide bonds. The van der Waals surface area contributed by atoms with Gasteiger partial charge in [0.15, 0.2) is 5.16 Å². The van der Waals surface area contributed by atoms with Gasteiger partial charge in [-0.3, -0.25) is 9.36 Å². The molecule has 5 nitrogen and oxygen atoms in total. The molecule has 0 bridgehead atoms. The number of amides is 1. The van der Waals surface area contributed by atoms with E-state index >= 15 is 0 Å². The van der Waals surface area contributed by atoms with E-state index in [0.717, 1.165) is 36.1 Å². The van der Waals surface area contributed by atoms with Crippen LogP contribution in [0, 0.1) is 6.92 Å². The highest BCUT2D eigenvalue weighted by Crippen LogP contribution is 2.24. The molecule has 0 aliphatic heterocycles. The Morgan fingerprint density at radius 1 is 1.11 bits per heavy atom. The summed E-state index contributed by atoms with van der Waals surface area (Å²) in [5.41, 5.74) is 3.37. The summed E-state index contributed by atoms with van der Waals surface area (Å²) in [5, 5.41) is 12.5. The van der Waals surface area contributed by atoms with Crippen LogP contribution < -0.4 is 5.32 Å². The lowest BCUT2D eigenvalue weighted by Gasteiger charge is -2.11. The third-order valence-electron chi connectivity index (χ3n) is 4.35. The van der Waals surface area contributed by atoms with Crippen molar-refractivity contribution < 1.29 is 4.79 Å². The zero-order valence-electron chi connectivity index (χ0n) is 16.4. The molecule has 0 atom stereocenters. The second-order valence-electron chi connectivity index (χ2n) is 6.73. The average Bonchev–Trinajstić information content (AvgIpc) is 3.10. The first-order valence-electron chi connectivity index (χ1n) is 9.62. The molecule has 0 spiro atoms. The van der Waals surface area contributed by atoms with Gasteiger partial charge in [0.05, 0.1) is 5.75 Å². The number of nitrogens with one attached hydrogen (secondary N) is 1. The molecule has 0 saturated carbocycles.